The van der Waals surface area contributed by atoms with Gasteiger partial charge in [-0.05, 0) is 69.5 Å². The number of methoxy groups -OCH3 is 1. The Labute approximate surface area is 183 Å². The molecule has 0 unspecified atom stereocenters. The summed E-state index contributed by atoms with van der Waals surface area (Å²) in [6, 6.07) is 9.90. The number of nitrogens with one attached hydrogen (secondary N) is 1. The Balaban J connectivity index is 1.29. The minimum Gasteiger partial charge on any atom is -0.497 e. The third kappa shape index (κ3) is 5.55. The topological polar surface area (TPSA) is 76.1 Å². The van der Waals surface area contributed by atoms with Crippen LogP contribution in [0.2, 0.25) is 0 Å². The molecule has 0 bridgehead atoms. The maximum absolute atomic E-state index is 5.21. The highest BCUT2D eigenvalue weighted by molar-refractivity contribution is 5.55. The molecule has 2 aromatic heterocycles. The number of nitrogens with zero attached hydrogens (tertiary/aromatic N) is 5. The van der Waals surface area contributed by atoms with Crippen LogP contribution in [0.25, 0.3) is 11.4 Å². The number of aryl methyl sites for hydroxylation is 1. The smallest absolute Gasteiger partial charge is 0.159 e. The van der Waals surface area contributed by atoms with E-state index in [-0.39, 0.29) is 0 Å². The number of hydrogen-bond acceptors (Lipinski definition) is 7. The molecule has 0 spiro atoms. The van der Waals surface area contributed by atoms with Gasteiger partial charge in [-0.1, -0.05) is 0 Å². The molecule has 1 aliphatic rings. The van der Waals surface area contributed by atoms with Crippen LogP contribution in [0.3, 0.4) is 0 Å². The predicted octanol–water partition coefficient (Wildman–Crippen LogP) is 3.75. The van der Waals surface area contributed by atoms with Gasteiger partial charge in [-0.15, -0.1) is 0 Å². The van der Waals surface area contributed by atoms with Gasteiger partial charge < -0.3 is 10.1 Å². The Kier molecular flexibility index (Phi) is 6.72. The van der Waals surface area contributed by atoms with Crippen LogP contribution >= 0.6 is 0 Å². The number of aromatic nitrogens is 4. The van der Waals surface area contributed by atoms with Crippen LogP contribution in [0.15, 0.2) is 42.7 Å². The average molecular weight is 419 g/mol. The lowest BCUT2D eigenvalue weighted by molar-refractivity contribution is 0.176. The first-order valence-corrected chi connectivity index (χ1v) is 10.8. The Morgan fingerprint density at radius 1 is 1.06 bits per heavy atom. The molecule has 1 N–H and O–H groups in total. The second kappa shape index (κ2) is 9.83. The summed E-state index contributed by atoms with van der Waals surface area (Å²) < 4.78 is 5.21. The number of ether oxygens (including phenoxy) is 1. The van der Waals surface area contributed by atoms with Gasteiger partial charge in [-0.2, -0.15) is 0 Å². The van der Waals surface area contributed by atoms with E-state index >= 15 is 0 Å². The van der Waals surface area contributed by atoms with Crippen molar-refractivity contribution in [2.75, 3.05) is 32.6 Å². The van der Waals surface area contributed by atoms with Crippen molar-refractivity contribution in [2.24, 2.45) is 5.92 Å². The first-order chi connectivity index (χ1) is 15.1. The average Bonchev–Trinajstić information content (AvgIpc) is 2.80. The summed E-state index contributed by atoms with van der Waals surface area (Å²) in [5, 5.41) is 3.12. The van der Waals surface area contributed by atoms with Crippen LogP contribution < -0.4 is 10.1 Å². The van der Waals surface area contributed by atoms with Gasteiger partial charge in [-0.3, -0.25) is 4.90 Å². The molecule has 0 aliphatic carbocycles. The number of hydrogen-bond donors (Lipinski definition) is 1. The molecule has 1 aromatic carbocycles. The highest BCUT2D eigenvalue weighted by atomic mass is 16.5. The zero-order valence-corrected chi connectivity index (χ0v) is 18.5. The number of likely N-dealkylation sites (tertiary alicyclic amines) is 1. The summed E-state index contributed by atoms with van der Waals surface area (Å²) in [7, 11) is 3.57. The zero-order chi connectivity index (χ0) is 21.6. The molecule has 31 heavy (non-hydrogen) atoms. The molecule has 7 heteroatoms. The van der Waals surface area contributed by atoms with E-state index in [1.165, 1.54) is 12.8 Å². The molecule has 1 saturated heterocycles. The zero-order valence-electron chi connectivity index (χ0n) is 18.5. The Morgan fingerprint density at radius 2 is 1.77 bits per heavy atom. The van der Waals surface area contributed by atoms with Crippen LogP contribution in [-0.4, -0.2) is 52.1 Å². The lowest BCUT2D eigenvalue weighted by atomic mass is 9.92. The van der Waals surface area contributed by atoms with E-state index in [0.29, 0.717) is 5.92 Å². The maximum Gasteiger partial charge on any atom is 0.159 e. The molecular formula is C24H30N6O. The van der Waals surface area contributed by atoms with Crippen molar-refractivity contribution in [2.45, 2.75) is 32.7 Å². The highest BCUT2D eigenvalue weighted by Gasteiger charge is 2.20. The van der Waals surface area contributed by atoms with E-state index in [4.69, 9.17) is 4.74 Å². The summed E-state index contributed by atoms with van der Waals surface area (Å²) in [6.45, 7) is 5.03. The molecule has 0 atom stereocenters. The monoisotopic (exact) mass is 418 g/mol. The molecular weight excluding hydrogens is 388 g/mol. The van der Waals surface area contributed by atoms with Crippen LogP contribution in [0.1, 0.15) is 29.9 Å². The SMILES string of the molecule is CNc1cc(CC2CCN(Cc3cnc(-c4ccc(OC)cc4)nc3)CC2)nc(C)n1. The van der Waals surface area contributed by atoms with Crippen LogP contribution in [-0.2, 0) is 13.0 Å². The van der Waals surface area contributed by atoms with Gasteiger partial charge >= 0.3 is 0 Å². The Morgan fingerprint density at radius 3 is 2.42 bits per heavy atom. The minimum atomic E-state index is 0.670. The standard InChI is InChI=1S/C24H30N6O/c1-17-28-21(13-23(25-2)29-17)12-18-8-10-30(11-9-18)16-19-14-26-24(27-15-19)20-4-6-22(31-3)7-5-20/h4-7,13-15,18H,8-12,16H2,1-3H3,(H,25,28,29). The van der Waals surface area contributed by atoms with Crippen molar-refractivity contribution in [3.63, 3.8) is 0 Å². The Hall–Kier alpha value is -3.06. The Bertz CT molecular complexity index is 982. The highest BCUT2D eigenvalue weighted by Crippen LogP contribution is 2.23. The molecule has 0 radical (unpaired) electrons. The van der Waals surface area contributed by atoms with Gasteiger partial charge in [0.15, 0.2) is 5.82 Å². The second-order valence-corrected chi connectivity index (χ2v) is 8.11. The quantitative estimate of drug-likeness (QED) is 0.626. The van der Waals surface area contributed by atoms with Gasteiger partial charge in [0.25, 0.3) is 0 Å². The third-order valence-electron chi connectivity index (χ3n) is 5.81. The summed E-state index contributed by atoms with van der Waals surface area (Å²) >= 11 is 0. The molecule has 4 rings (SSSR count). The van der Waals surface area contributed by atoms with Crippen LogP contribution in [0.5, 0.6) is 5.75 Å². The van der Waals surface area contributed by atoms with E-state index in [0.717, 1.165) is 66.1 Å². The number of piperidine rings is 1. The second-order valence-electron chi connectivity index (χ2n) is 8.11. The lowest BCUT2D eigenvalue weighted by Gasteiger charge is -2.31. The first-order valence-electron chi connectivity index (χ1n) is 10.8. The van der Waals surface area contributed by atoms with Crippen molar-refractivity contribution in [3.8, 4) is 17.1 Å². The number of benzene rings is 1. The van der Waals surface area contributed by atoms with Crippen molar-refractivity contribution >= 4 is 5.82 Å². The first kappa shape index (κ1) is 21.2. The van der Waals surface area contributed by atoms with Gasteiger partial charge in [0.1, 0.15) is 17.4 Å². The molecule has 7 nitrogen and oxygen atoms in total. The normalized spacial score (nSPS) is 15.1. The van der Waals surface area contributed by atoms with E-state index in [1.807, 2.05) is 50.6 Å². The molecule has 0 saturated carbocycles. The summed E-state index contributed by atoms with van der Waals surface area (Å²) in [6.07, 6.45) is 7.28. The lowest BCUT2D eigenvalue weighted by Crippen LogP contribution is -2.34. The summed E-state index contributed by atoms with van der Waals surface area (Å²) in [4.78, 5) is 20.6. The van der Waals surface area contributed by atoms with Gasteiger partial charge in [0, 0.05) is 48.9 Å². The van der Waals surface area contributed by atoms with Gasteiger partial charge in [0.05, 0.1) is 7.11 Å². The van der Waals surface area contributed by atoms with E-state index < -0.39 is 0 Å². The van der Waals surface area contributed by atoms with Gasteiger partial charge in [0.2, 0.25) is 0 Å². The largest absolute Gasteiger partial charge is 0.497 e. The maximum atomic E-state index is 5.21. The van der Waals surface area contributed by atoms with E-state index in [2.05, 4.69) is 36.2 Å². The summed E-state index contributed by atoms with van der Waals surface area (Å²) in [5.74, 6) is 3.98. The van der Waals surface area contributed by atoms with E-state index in [1.54, 1.807) is 7.11 Å². The molecule has 1 fully saturated rings. The fraction of sp³-hybridized carbons (Fsp3) is 0.417. The van der Waals surface area contributed by atoms with Crippen molar-refractivity contribution in [1.29, 1.82) is 0 Å². The van der Waals surface area contributed by atoms with Crippen LogP contribution in [0.4, 0.5) is 5.82 Å². The fourth-order valence-corrected chi connectivity index (χ4v) is 4.09. The molecule has 3 aromatic rings. The minimum absolute atomic E-state index is 0.670. The fourth-order valence-electron chi connectivity index (χ4n) is 4.09. The van der Waals surface area contributed by atoms with Crippen LogP contribution in [0, 0.1) is 12.8 Å². The predicted molar refractivity (Wildman–Crippen MR) is 122 cm³/mol. The number of anilines is 1. The third-order valence-corrected chi connectivity index (χ3v) is 5.81. The number of rotatable bonds is 7. The van der Waals surface area contributed by atoms with Crippen molar-refractivity contribution in [1.82, 2.24) is 24.8 Å². The molecule has 3 heterocycles. The molecule has 0 amide bonds. The van der Waals surface area contributed by atoms with E-state index in [9.17, 15) is 0 Å². The van der Waals surface area contributed by atoms with Crippen molar-refractivity contribution < 1.29 is 4.74 Å². The van der Waals surface area contributed by atoms with Gasteiger partial charge in [-0.25, -0.2) is 19.9 Å². The van der Waals surface area contributed by atoms with Crippen molar-refractivity contribution in [3.05, 3.63) is 59.8 Å². The molecule has 162 valence electrons. The summed E-state index contributed by atoms with van der Waals surface area (Å²) in [5.41, 5.74) is 3.29. The molecule has 1 aliphatic heterocycles.